The van der Waals surface area contributed by atoms with Crippen LogP contribution in [-0.2, 0) is 16.0 Å². The molecule has 0 aromatic heterocycles. The van der Waals surface area contributed by atoms with E-state index in [1.807, 2.05) is 37.3 Å². The normalized spacial score (nSPS) is 13.5. The first-order valence-electron chi connectivity index (χ1n) is 6.79. The van der Waals surface area contributed by atoms with Gasteiger partial charge in [0.1, 0.15) is 6.04 Å². The van der Waals surface area contributed by atoms with Crippen LogP contribution in [0.2, 0.25) is 0 Å². The fourth-order valence-electron chi connectivity index (χ4n) is 1.87. The summed E-state index contributed by atoms with van der Waals surface area (Å²) in [7, 11) is 0. The highest BCUT2D eigenvalue weighted by molar-refractivity contribution is 5.83. The highest BCUT2D eigenvalue weighted by atomic mass is 16.4. The minimum Gasteiger partial charge on any atom is -0.480 e. The van der Waals surface area contributed by atoms with Crippen molar-refractivity contribution in [1.29, 1.82) is 0 Å². The molecule has 1 rings (SSSR count). The largest absolute Gasteiger partial charge is 0.480 e. The Morgan fingerprint density at radius 2 is 1.95 bits per heavy atom. The van der Waals surface area contributed by atoms with Crippen molar-refractivity contribution < 1.29 is 14.7 Å². The lowest BCUT2D eigenvalue weighted by Crippen LogP contribution is -2.41. The van der Waals surface area contributed by atoms with Crippen LogP contribution in [0.4, 0.5) is 0 Å². The van der Waals surface area contributed by atoms with Crippen LogP contribution in [-0.4, -0.2) is 29.6 Å². The van der Waals surface area contributed by atoms with E-state index in [0.717, 1.165) is 5.56 Å². The average molecular weight is 278 g/mol. The predicted octanol–water partition coefficient (Wildman–Crippen LogP) is 1.17. The molecule has 4 N–H and O–H groups in total. The summed E-state index contributed by atoms with van der Waals surface area (Å²) in [6, 6.07) is 8.76. The van der Waals surface area contributed by atoms with E-state index in [9.17, 15) is 9.59 Å². The third-order valence-corrected chi connectivity index (χ3v) is 3.13. The molecule has 1 unspecified atom stereocenters. The topological polar surface area (TPSA) is 92.4 Å². The maximum absolute atomic E-state index is 11.7. The van der Waals surface area contributed by atoms with Crippen LogP contribution in [0, 0.1) is 5.92 Å². The lowest BCUT2D eigenvalue weighted by Gasteiger charge is -2.16. The molecule has 0 radical (unpaired) electrons. The third kappa shape index (κ3) is 5.84. The van der Waals surface area contributed by atoms with E-state index in [4.69, 9.17) is 10.8 Å². The number of nitrogens with two attached hydrogens (primary N) is 1. The summed E-state index contributed by atoms with van der Waals surface area (Å²) in [5, 5.41) is 11.7. The lowest BCUT2D eigenvalue weighted by atomic mass is 10.0. The van der Waals surface area contributed by atoms with Gasteiger partial charge in [0.15, 0.2) is 0 Å². The highest BCUT2D eigenvalue weighted by Gasteiger charge is 2.20. The van der Waals surface area contributed by atoms with Crippen LogP contribution in [0.3, 0.4) is 0 Å². The molecule has 5 nitrogen and oxygen atoms in total. The van der Waals surface area contributed by atoms with Crippen LogP contribution >= 0.6 is 0 Å². The second-order valence-electron chi connectivity index (χ2n) is 5.03. The van der Waals surface area contributed by atoms with Crippen LogP contribution in [0.25, 0.3) is 0 Å². The summed E-state index contributed by atoms with van der Waals surface area (Å²) in [5.74, 6) is -1.21. The van der Waals surface area contributed by atoms with Gasteiger partial charge in [-0.2, -0.15) is 0 Å². The Labute approximate surface area is 119 Å². The number of nitrogens with one attached hydrogen (secondary N) is 1. The van der Waals surface area contributed by atoms with Crippen molar-refractivity contribution in [3.8, 4) is 0 Å². The van der Waals surface area contributed by atoms with Gasteiger partial charge in [-0.25, -0.2) is 4.79 Å². The Morgan fingerprint density at radius 3 is 2.50 bits per heavy atom. The standard InChI is InChI=1S/C15H22N2O3/c1-11(10-16)9-14(18)17-13(15(19)20)8-7-12-5-3-2-4-6-12/h2-6,11,13H,7-10,16H2,1H3,(H,17,18)(H,19,20)/t11?,13-/m0/s1. The van der Waals surface area contributed by atoms with Crippen molar-refractivity contribution in [1.82, 2.24) is 5.32 Å². The molecule has 0 bridgehead atoms. The van der Waals surface area contributed by atoms with Crippen molar-refractivity contribution in [2.24, 2.45) is 11.7 Å². The molecule has 1 aromatic rings. The molecule has 0 spiro atoms. The number of carboxylic acid groups (broad SMARTS) is 1. The van der Waals surface area contributed by atoms with Gasteiger partial charge in [-0.05, 0) is 30.9 Å². The minimum absolute atomic E-state index is 0.0542. The van der Waals surface area contributed by atoms with Gasteiger partial charge < -0.3 is 16.2 Å². The number of carboxylic acids is 1. The number of hydrogen-bond acceptors (Lipinski definition) is 3. The summed E-state index contributed by atoms with van der Waals surface area (Å²) in [4.78, 5) is 22.9. The van der Waals surface area contributed by atoms with Gasteiger partial charge in [0.2, 0.25) is 5.91 Å². The van der Waals surface area contributed by atoms with E-state index >= 15 is 0 Å². The lowest BCUT2D eigenvalue weighted by molar-refractivity contribution is -0.142. The molecule has 2 atom stereocenters. The van der Waals surface area contributed by atoms with E-state index in [1.54, 1.807) is 0 Å². The number of rotatable bonds is 8. The quantitative estimate of drug-likeness (QED) is 0.665. The molecule has 0 fully saturated rings. The first kappa shape index (κ1) is 16.2. The van der Waals surface area contributed by atoms with Gasteiger partial charge in [-0.15, -0.1) is 0 Å². The zero-order valence-electron chi connectivity index (χ0n) is 11.7. The van der Waals surface area contributed by atoms with Crippen molar-refractivity contribution in [3.05, 3.63) is 35.9 Å². The van der Waals surface area contributed by atoms with Crippen molar-refractivity contribution in [3.63, 3.8) is 0 Å². The Bertz CT molecular complexity index is 434. The molecule has 1 aromatic carbocycles. The van der Waals surface area contributed by atoms with E-state index in [2.05, 4.69) is 5.32 Å². The Kier molecular flexibility index (Phi) is 6.73. The third-order valence-electron chi connectivity index (χ3n) is 3.13. The van der Waals surface area contributed by atoms with E-state index in [1.165, 1.54) is 0 Å². The highest BCUT2D eigenvalue weighted by Crippen LogP contribution is 2.06. The number of aryl methyl sites for hydroxylation is 1. The number of amides is 1. The Balaban J connectivity index is 2.48. The zero-order valence-corrected chi connectivity index (χ0v) is 11.7. The molecule has 0 saturated carbocycles. The number of benzene rings is 1. The summed E-state index contributed by atoms with van der Waals surface area (Å²) in [6.07, 6.45) is 1.25. The Morgan fingerprint density at radius 1 is 1.30 bits per heavy atom. The van der Waals surface area contributed by atoms with Gasteiger partial charge in [0.25, 0.3) is 0 Å². The molecular formula is C15H22N2O3. The molecular weight excluding hydrogens is 256 g/mol. The molecule has 110 valence electrons. The summed E-state index contributed by atoms with van der Waals surface area (Å²) < 4.78 is 0. The number of aliphatic carboxylic acids is 1. The smallest absolute Gasteiger partial charge is 0.326 e. The molecule has 0 saturated heterocycles. The second kappa shape index (κ2) is 8.32. The maximum atomic E-state index is 11.7. The number of hydrogen-bond donors (Lipinski definition) is 3. The van der Waals surface area contributed by atoms with E-state index in [0.29, 0.717) is 19.4 Å². The fraction of sp³-hybridized carbons (Fsp3) is 0.467. The van der Waals surface area contributed by atoms with E-state index in [-0.39, 0.29) is 18.2 Å². The van der Waals surface area contributed by atoms with Gasteiger partial charge in [0, 0.05) is 6.42 Å². The monoisotopic (exact) mass is 278 g/mol. The first-order valence-corrected chi connectivity index (χ1v) is 6.79. The SMILES string of the molecule is CC(CN)CC(=O)N[C@@H](CCc1ccccc1)C(=O)O. The molecule has 5 heteroatoms. The molecule has 0 aliphatic carbocycles. The first-order chi connectivity index (χ1) is 9.52. The van der Waals surface area contributed by atoms with Crippen LogP contribution in [0.5, 0.6) is 0 Å². The maximum Gasteiger partial charge on any atom is 0.326 e. The fourth-order valence-corrected chi connectivity index (χ4v) is 1.87. The molecule has 0 aliphatic rings. The second-order valence-corrected chi connectivity index (χ2v) is 5.03. The summed E-state index contributed by atoms with van der Waals surface area (Å²) in [5.41, 5.74) is 6.51. The molecule has 1 amide bonds. The molecule has 0 aliphatic heterocycles. The zero-order chi connectivity index (χ0) is 15.0. The van der Waals surface area contributed by atoms with Gasteiger partial charge in [0.05, 0.1) is 0 Å². The summed E-state index contributed by atoms with van der Waals surface area (Å²) >= 11 is 0. The minimum atomic E-state index is -1.00. The molecule has 0 heterocycles. The molecule has 20 heavy (non-hydrogen) atoms. The van der Waals surface area contributed by atoms with Gasteiger partial charge in [-0.1, -0.05) is 37.3 Å². The number of carbonyl (C=O) groups excluding carboxylic acids is 1. The van der Waals surface area contributed by atoms with Crippen molar-refractivity contribution in [2.45, 2.75) is 32.2 Å². The van der Waals surface area contributed by atoms with Crippen molar-refractivity contribution in [2.75, 3.05) is 6.54 Å². The van der Waals surface area contributed by atoms with Gasteiger partial charge in [-0.3, -0.25) is 4.79 Å². The average Bonchev–Trinajstić information content (AvgIpc) is 2.44. The number of carbonyl (C=O) groups is 2. The van der Waals surface area contributed by atoms with Crippen molar-refractivity contribution >= 4 is 11.9 Å². The summed E-state index contributed by atoms with van der Waals surface area (Å²) in [6.45, 7) is 2.27. The van der Waals surface area contributed by atoms with Crippen LogP contribution in [0.15, 0.2) is 30.3 Å². The Hall–Kier alpha value is -1.88. The van der Waals surface area contributed by atoms with Crippen LogP contribution in [0.1, 0.15) is 25.3 Å². The predicted molar refractivity (Wildman–Crippen MR) is 77.2 cm³/mol. The van der Waals surface area contributed by atoms with Gasteiger partial charge >= 0.3 is 5.97 Å². The van der Waals surface area contributed by atoms with Crippen LogP contribution < -0.4 is 11.1 Å². The van der Waals surface area contributed by atoms with E-state index < -0.39 is 12.0 Å².